The van der Waals surface area contributed by atoms with Gasteiger partial charge >= 0.3 is 5.97 Å². The molecule has 0 aliphatic carbocycles. The van der Waals surface area contributed by atoms with Gasteiger partial charge in [0, 0.05) is 6.54 Å². The zero-order valence-corrected chi connectivity index (χ0v) is 18.7. The van der Waals surface area contributed by atoms with E-state index in [0.29, 0.717) is 23.4 Å². The number of carbonyl (C=O) groups is 2. The fourth-order valence-electron chi connectivity index (χ4n) is 3.07. The number of amides is 1. The maximum atomic E-state index is 12.5. The summed E-state index contributed by atoms with van der Waals surface area (Å²) >= 11 is 0. The van der Waals surface area contributed by atoms with Crippen LogP contribution in [0.4, 0.5) is 0 Å². The number of carbonyl (C=O) groups excluding carboxylic acids is 2. The van der Waals surface area contributed by atoms with Gasteiger partial charge in [-0.1, -0.05) is 42.5 Å². The van der Waals surface area contributed by atoms with Crippen LogP contribution in [0.2, 0.25) is 0 Å². The van der Waals surface area contributed by atoms with Crippen molar-refractivity contribution in [3.8, 4) is 17.6 Å². The van der Waals surface area contributed by atoms with E-state index < -0.39 is 11.9 Å². The Morgan fingerprint density at radius 1 is 0.970 bits per heavy atom. The van der Waals surface area contributed by atoms with Crippen molar-refractivity contribution in [1.29, 1.82) is 5.26 Å². The van der Waals surface area contributed by atoms with Crippen LogP contribution < -0.4 is 14.8 Å². The number of nitriles is 1. The van der Waals surface area contributed by atoms with Crippen molar-refractivity contribution < 1.29 is 19.1 Å². The van der Waals surface area contributed by atoms with E-state index in [4.69, 9.17) is 9.47 Å². The number of aryl methyl sites for hydroxylation is 2. The van der Waals surface area contributed by atoms with E-state index >= 15 is 0 Å². The Morgan fingerprint density at radius 2 is 1.73 bits per heavy atom. The van der Waals surface area contributed by atoms with E-state index in [-0.39, 0.29) is 11.3 Å². The van der Waals surface area contributed by atoms with Gasteiger partial charge in [-0.2, -0.15) is 5.26 Å². The van der Waals surface area contributed by atoms with Crippen LogP contribution in [0.1, 0.15) is 32.6 Å². The van der Waals surface area contributed by atoms with Crippen LogP contribution in [0.25, 0.3) is 6.08 Å². The molecule has 6 heteroatoms. The number of esters is 1. The van der Waals surface area contributed by atoms with Gasteiger partial charge in [-0.15, -0.1) is 0 Å². The minimum absolute atomic E-state index is 0.0483. The van der Waals surface area contributed by atoms with Crippen LogP contribution >= 0.6 is 0 Å². The predicted molar refractivity (Wildman–Crippen MR) is 126 cm³/mol. The summed E-state index contributed by atoms with van der Waals surface area (Å²) in [6.45, 7) is 4.21. The molecule has 0 aromatic heterocycles. The molecular formula is C27H24N2O4. The molecule has 0 saturated carbocycles. The van der Waals surface area contributed by atoms with E-state index in [0.717, 1.165) is 16.7 Å². The third kappa shape index (κ3) is 6.08. The van der Waals surface area contributed by atoms with E-state index in [2.05, 4.69) is 5.32 Å². The van der Waals surface area contributed by atoms with E-state index in [1.807, 2.05) is 56.3 Å². The Balaban J connectivity index is 1.75. The fourth-order valence-corrected chi connectivity index (χ4v) is 3.07. The first-order valence-corrected chi connectivity index (χ1v) is 10.3. The lowest BCUT2D eigenvalue weighted by Crippen LogP contribution is -2.23. The summed E-state index contributed by atoms with van der Waals surface area (Å²) < 4.78 is 10.9. The number of hydrogen-bond donors (Lipinski definition) is 1. The molecule has 0 fully saturated rings. The Bertz CT molecular complexity index is 1240. The van der Waals surface area contributed by atoms with E-state index in [9.17, 15) is 14.9 Å². The minimum Gasteiger partial charge on any atom is -0.493 e. The van der Waals surface area contributed by atoms with Gasteiger partial charge in [-0.3, -0.25) is 4.79 Å². The number of nitrogens with zero attached hydrogens (tertiary/aromatic N) is 1. The highest BCUT2D eigenvalue weighted by molar-refractivity contribution is 6.01. The van der Waals surface area contributed by atoms with Crippen molar-refractivity contribution in [1.82, 2.24) is 5.32 Å². The average Bonchev–Trinajstić information content (AvgIpc) is 2.84. The molecule has 0 spiro atoms. The molecule has 0 unspecified atom stereocenters. The highest BCUT2D eigenvalue weighted by Crippen LogP contribution is 2.30. The number of nitrogens with one attached hydrogen (secondary N) is 1. The molecule has 166 valence electrons. The van der Waals surface area contributed by atoms with Crippen molar-refractivity contribution in [2.45, 2.75) is 20.4 Å². The number of methoxy groups -OCH3 is 1. The van der Waals surface area contributed by atoms with Gasteiger partial charge in [0.25, 0.3) is 5.91 Å². The lowest BCUT2D eigenvalue weighted by molar-refractivity contribution is -0.117. The second-order valence-corrected chi connectivity index (χ2v) is 7.44. The molecule has 0 aliphatic rings. The Morgan fingerprint density at radius 3 is 2.39 bits per heavy atom. The molecule has 0 atom stereocenters. The van der Waals surface area contributed by atoms with Gasteiger partial charge in [0.05, 0.1) is 12.7 Å². The van der Waals surface area contributed by atoms with Crippen LogP contribution in [-0.4, -0.2) is 19.0 Å². The summed E-state index contributed by atoms with van der Waals surface area (Å²) in [5.74, 6) is -0.434. The van der Waals surface area contributed by atoms with E-state index in [1.165, 1.54) is 13.2 Å². The lowest BCUT2D eigenvalue weighted by atomic mass is 10.1. The van der Waals surface area contributed by atoms with Crippen molar-refractivity contribution in [3.05, 3.63) is 100 Å². The maximum Gasteiger partial charge on any atom is 0.343 e. The Kier molecular flexibility index (Phi) is 7.61. The monoisotopic (exact) mass is 440 g/mol. The summed E-state index contributed by atoms with van der Waals surface area (Å²) in [7, 11) is 1.45. The molecule has 1 N–H and O–H groups in total. The quantitative estimate of drug-likeness (QED) is 0.248. The highest BCUT2D eigenvalue weighted by Gasteiger charge is 2.15. The zero-order chi connectivity index (χ0) is 23.8. The predicted octanol–water partition coefficient (Wildman–Crippen LogP) is 4.75. The average molecular weight is 440 g/mol. The summed E-state index contributed by atoms with van der Waals surface area (Å²) in [6, 6.07) is 21.5. The lowest BCUT2D eigenvalue weighted by Gasteiger charge is -2.11. The van der Waals surface area contributed by atoms with Crippen LogP contribution in [0, 0.1) is 25.2 Å². The summed E-state index contributed by atoms with van der Waals surface area (Å²) in [4.78, 5) is 25.0. The number of benzene rings is 3. The molecule has 33 heavy (non-hydrogen) atoms. The highest BCUT2D eigenvalue weighted by atomic mass is 16.6. The van der Waals surface area contributed by atoms with Gasteiger partial charge in [0.2, 0.25) is 0 Å². The van der Waals surface area contributed by atoms with Crippen LogP contribution in [-0.2, 0) is 11.3 Å². The topological polar surface area (TPSA) is 88.4 Å². The number of ether oxygens (including phenoxy) is 2. The van der Waals surface area contributed by atoms with Crippen LogP contribution in [0.15, 0.2) is 72.3 Å². The third-order valence-electron chi connectivity index (χ3n) is 5.10. The first-order chi connectivity index (χ1) is 15.9. The first kappa shape index (κ1) is 23.3. The van der Waals surface area contributed by atoms with E-state index in [1.54, 1.807) is 30.3 Å². The minimum atomic E-state index is -0.502. The molecule has 0 heterocycles. The largest absolute Gasteiger partial charge is 0.493 e. The molecule has 3 rings (SSSR count). The molecule has 0 aliphatic heterocycles. The van der Waals surface area contributed by atoms with Gasteiger partial charge in [0.15, 0.2) is 11.5 Å². The summed E-state index contributed by atoms with van der Waals surface area (Å²) in [5.41, 5.74) is 3.95. The van der Waals surface area contributed by atoms with Gasteiger partial charge in [-0.25, -0.2) is 4.79 Å². The van der Waals surface area contributed by atoms with Crippen molar-refractivity contribution in [2.75, 3.05) is 7.11 Å². The Labute approximate surface area is 193 Å². The fraction of sp³-hybridized carbons (Fsp3) is 0.148. The molecule has 0 radical (unpaired) electrons. The molecule has 3 aromatic rings. The smallest absolute Gasteiger partial charge is 0.343 e. The number of rotatable bonds is 7. The van der Waals surface area contributed by atoms with Crippen LogP contribution in [0.5, 0.6) is 11.5 Å². The first-order valence-electron chi connectivity index (χ1n) is 10.3. The van der Waals surface area contributed by atoms with Crippen LogP contribution in [0.3, 0.4) is 0 Å². The van der Waals surface area contributed by atoms with Gasteiger partial charge in [0.1, 0.15) is 11.6 Å². The van der Waals surface area contributed by atoms with Crippen molar-refractivity contribution in [2.24, 2.45) is 0 Å². The second-order valence-electron chi connectivity index (χ2n) is 7.44. The Hall–Kier alpha value is -4.37. The molecular weight excluding hydrogens is 416 g/mol. The van der Waals surface area contributed by atoms with Gasteiger partial charge < -0.3 is 14.8 Å². The molecule has 0 bridgehead atoms. The van der Waals surface area contributed by atoms with Gasteiger partial charge in [-0.05, 0) is 66.4 Å². The standard InChI is InChI=1S/C27H24N2O4/c1-18-9-11-22(13-19(18)2)27(31)33-24-12-10-21(15-25(24)32-3)14-23(16-28)26(30)29-17-20-7-5-4-6-8-20/h4-15H,17H2,1-3H3,(H,29,30)/b23-14+. The normalized spacial score (nSPS) is 10.8. The molecule has 3 aromatic carbocycles. The molecule has 0 saturated heterocycles. The zero-order valence-electron chi connectivity index (χ0n) is 18.7. The maximum absolute atomic E-state index is 12.5. The van der Waals surface area contributed by atoms with Crippen molar-refractivity contribution >= 4 is 18.0 Å². The summed E-state index contributed by atoms with van der Waals surface area (Å²) in [6.07, 6.45) is 1.46. The molecule has 6 nitrogen and oxygen atoms in total. The SMILES string of the molecule is COc1cc(/C=C(\C#N)C(=O)NCc2ccccc2)ccc1OC(=O)c1ccc(C)c(C)c1. The third-order valence-corrected chi connectivity index (χ3v) is 5.10. The van der Waals surface area contributed by atoms with Crippen molar-refractivity contribution in [3.63, 3.8) is 0 Å². The number of hydrogen-bond acceptors (Lipinski definition) is 5. The second kappa shape index (κ2) is 10.8. The molecule has 1 amide bonds. The summed E-state index contributed by atoms with van der Waals surface area (Å²) in [5, 5.41) is 12.2.